The highest BCUT2D eigenvalue weighted by Crippen LogP contribution is 2.31. The zero-order valence-corrected chi connectivity index (χ0v) is 15.7. The van der Waals surface area contributed by atoms with Gasteiger partial charge in [-0.1, -0.05) is 36.4 Å². The smallest absolute Gasteiger partial charge is 0.250 e. The number of nitrogens with zero attached hydrogens (tertiary/aromatic N) is 1. The second-order valence-corrected chi connectivity index (χ2v) is 7.11. The van der Waals surface area contributed by atoms with Crippen LogP contribution in [0.15, 0.2) is 54.7 Å². The van der Waals surface area contributed by atoms with Crippen LogP contribution in [0.5, 0.6) is 0 Å². The van der Waals surface area contributed by atoms with Crippen LogP contribution in [0.4, 0.5) is 0 Å². The van der Waals surface area contributed by atoms with Crippen molar-refractivity contribution < 1.29 is 4.79 Å². The molecule has 4 N–H and O–H groups in total. The highest BCUT2D eigenvalue weighted by molar-refractivity contribution is 5.95. The third-order valence-corrected chi connectivity index (χ3v) is 5.20. The molecule has 1 amide bonds. The van der Waals surface area contributed by atoms with Gasteiger partial charge in [0.2, 0.25) is 0 Å². The SMILES string of the molecule is NC(=O)c1cc(-c2ccnc(/C=C/c3ccccc3)c2)[nH]c1C1CCNCC1. The standard InChI is InChI=1S/C23H24N4O/c24-23(28)20-15-21(27-22(20)17-8-11-25-12-9-17)18-10-13-26-19(14-18)7-6-16-4-2-1-3-5-16/h1-7,10,13-15,17,25,27H,8-9,11-12H2,(H2,24,28)/b7-6+. The van der Waals surface area contributed by atoms with E-state index in [2.05, 4.69) is 27.4 Å². The molecule has 0 radical (unpaired) electrons. The van der Waals surface area contributed by atoms with Crippen molar-refractivity contribution in [3.8, 4) is 11.3 Å². The van der Waals surface area contributed by atoms with Gasteiger partial charge in [0.05, 0.1) is 11.3 Å². The second kappa shape index (κ2) is 8.23. The molecule has 1 saturated heterocycles. The third kappa shape index (κ3) is 4.05. The molecule has 1 aromatic carbocycles. The monoisotopic (exact) mass is 372 g/mol. The van der Waals surface area contributed by atoms with Crippen molar-refractivity contribution in [2.45, 2.75) is 18.8 Å². The fourth-order valence-electron chi connectivity index (χ4n) is 3.72. The number of piperidine rings is 1. The van der Waals surface area contributed by atoms with Crippen LogP contribution < -0.4 is 11.1 Å². The van der Waals surface area contributed by atoms with E-state index in [1.54, 1.807) is 6.20 Å². The first-order chi connectivity index (χ1) is 13.7. The van der Waals surface area contributed by atoms with Gasteiger partial charge in [-0.25, -0.2) is 0 Å². The summed E-state index contributed by atoms with van der Waals surface area (Å²) >= 11 is 0. The molecule has 1 aliphatic rings. The molecule has 142 valence electrons. The van der Waals surface area contributed by atoms with Gasteiger partial charge in [-0.3, -0.25) is 9.78 Å². The largest absolute Gasteiger partial charge is 0.366 e. The maximum Gasteiger partial charge on any atom is 0.250 e. The van der Waals surface area contributed by atoms with E-state index >= 15 is 0 Å². The molecule has 0 aliphatic carbocycles. The highest BCUT2D eigenvalue weighted by atomic mass is 16.1. The summed E-state index contributed by atoms with van der Waals surface area (Å²) in [5, 5.41) is 3.36. The lowest BCUT2D eigenvalue weighted by Gasteiger charge is -2.22. The van der Waals surface area contributed by atoms with Gasteiger partial charge in [0, 0.05) is 29.1 Å². The molecule has 1 aliphatic heterocycles. The van der Waals surface area contributed by atoms with Gasteiger partial charge in [0.1, 0.15) is 0 Å². The number of aromatic amines is 1. The van der Waals surface area contributed by atoms with Crippen LogP contribution in [0.2, 0.25) is 0 Å². The Morgan fingerprint density at radius 3 is 2.61 bits per heavy atom. The molecule has 5 heteroatoms. The fraction of sp³-hybridized carbons (Fsp3) is 0.217. The van der Waals surface area contributed by atoms with E-state index in [9.17, 15) is 4.79 Å². The molecule has 5 nitrogen and oxygen atoms in total. The van der Waals surface area contributed by atoms with Crippen LogP contribution in [0.1, 0.15) is 46.1 Å². The van der Waals surface area contributed by atoms with Crippen LogP contribution in [-0.2, 0) is 0 Å². The summed E-state index contributed by atoms with van der Waals surface area (Å²) < 4.78 is 0. The van der Waals surface area contributed by atoms with Crippen molar-refractivity contribution in [1.82, 2.24) is 15.3 Å². The molecule has 0 saturated carbocycles. The van der Waals surface area contributed by atoms with Crippen molar-refractivity contribution in [2.24, 2.45) is 5.73 Å². The number of primary amides is 1. The Bertz CT molecular complexity index is 985. The molecular weight excluding hydrogens is 348 g/mol. The average molecular weight is 372 g/mol. The first-order valence-electron chi connectivity index (χ1n) is 9.63. The summed E-state index contributed by atoms with van der Waals surface area (Å²) in [5.74, 6) is -0.0499. The Morgan fingerprint density at radius 2 is 1.86 bits per heavy atom. The van der Waals surface area contributed by atoms with E-state index in [1.807, 2.05) is 48.6 Å². The molecule has 3 aromatic rings. The summed E-state index contributed by atoms with van der Waals surface area (Å²) in [6.07, 6.45) is 7.82. The number of aromatic nitrogens is 2. The quantitative estimate of drug-likeness (QED) is 0.637. The Balaban J connectivity index is 1.64. The van der Waals surface area contributed by atoms with Crippen molar-refractivity contribution in [2.75, 3.05) is 13.1 Å². The molecule has 0 bridgehead atoms. The number of nitrogens with two attached hydrogens (primary N) is 1. The Hall–Kier alpha value is -3.18. The first kappa shape index (κ1) is 18.2. The molecule has 3 heterocycles. The average Bonchev–Trinajstić information content (AvgIpc) is 3.20. The van der Waals surface area contributed by atoms with Gasteiger partial charge in [0.15, 0.2) is 0 Å². The Labute approximate surface area is 164 Å². The van der Waals surface area contributed by atoms with Crippen molar-refractivity contribution >= 4 is 18.1 Å². The number of hydrogen-bond donors (Lipinski definition) is 3. The minimum atomic E-state index is -0.380. The fourth-order valence-corrected chi connectivity index (χ4v) is 3.72. The van der Waals surface area contributed by atoms with Crippen LogP contribution in [0, 0.1) is 0 Å². The number of H-pyrrole nitrogens is 1. The van der Waals surface area contributed by atoms with Crippen LogP contribution in [0.3, 0.4) is 0 Å². The van der Waals surface area contributed by atoms with Gasteiger partial charge < -0.3 is 16.0 Å². The van der Waals surface area contributed by atoms with Crippen molar-refractivity contribution in [1.29, 1.82) is 0 Å². The van der Waals surface area contributed by atoms with Gasteiger partial charge in [-0.15, -0.1) is 0 Å². The van der Waals surface area contributed by atoms with Gasteiger partial charge in [0.25, 0.3) is 5.91 Å². The van der Waals surface area contributed by atoms with Crippen LogP contribution in [0.25, 0.3) is 23.4 Å². The lowest BCUT2D eigenvalue weighted by atomic mass is 9.92. The number of hydrogen-bond acceptors (Lipinski definition) is 3. The lowest BCUT2D eigenvalue weighted by molar-refractivity contribution is 0.0999. The predicted molar refractivity (Wildman–Crippen MR) is 113 cm³/mol. The molecule has 0 unspecified atom stereocenters. The zero-order chi connectivity index (χ0) is 19.3. The molecule has 0 atom stereocenters. The first-order valence-corrected chi connectivity index (χ1v) is 9.63. The van der Waals surface area contributed by atoms with Gasteiger partial charge >= 0.3 is 0 Å². The van der Waals surface area contributed by atoms with E-state index in [0.29, 0.717) is 11.5 Å². The molecule has 2 aromatic heterocycles. The third-order valence-electron chi connectivity index (χ3n) is 5.20. The second-order valence-electron chi connectivity index (χ2n) is 7.11. The number of nitrogens with one attached hydrogen (secondary N) is 2. The summed E-state index contributed by atoms with van der Waals surface area (Å²) in [6, 6.07) is 16.0. The van der Waals surface area contributed by atoms with Gasteiger partial charge in [-0.05, 0) is 55.8 Å². The van der Waals surface area contributed by atoms with Gasteiger partial charge in [-0.2, -0.15) is 0 Å². The minimum Gasteiger partial charge on any atom is -0.366 e. The van der Waals surface area contributed by atoms with E-state index in [1.165, 1.54) is 0 Å². The van der Waals surface area contributed by atoms with Crippen LogP contribution in [-0.4, -0.2) is 29.0 Å². The minimum absolute atomic E-state index is 0.330. The summed E-state index contributed by atoms with van der Waals surface area (Å²) in [7, 11) is 0. The summed E-state index contributed by atoms with van der Waals surface area (Å²) in [5.41, 5.74) is 11.1. The Kier molecular flexibility index (Phi) is 5.35. The molecule has 4 rings (SSSR count). The molecule has 0 spiro atoms. The topological polar surface area (TPSA) is 83.8 Å². The summed E-state index contributed by atoms with van der Waals surface area (Å²) in [6.45, 7) is 1.92. The van der Waals surface area contributed by atoms with E-state index in [4.69, 9.17) is 5.73 Å². The molecular formula is C23H24N4O. The molecule has 1 fully saturated rings. The number of benzene rings is 1. The summed E-state index contributed by atoms with van der Waals surface area (Å²) in [4.78, 5) is 19.9. The highest BCUT2D eigenvalue weighted by Gasteiger charge is 2.23. The number of amides is 1. The number of rotatable bonds is 5. The lowest BCUT2D eigenvalue weighted by Crippen LogP contribution is -2.28. The maximum atomic E-state index is 12.0. The normalized spacial score (nSPS) is 15.1. The van der Waals surface area contributed by atoms with E-state index in [0.717, 1.165) is 54.1 Å². The van der Waals surface area contributed by atoms with Crippen molar-refractivity contribution in [3.63, 3.8) is 0 Å². The van der Waals surface area contributed by atoms with E-state index < -0.39 is 0 Å². The van der Waals surface area contributed by atoms with Crippen molar-refractivity contribution in [3.05, 3.63) is 77.2 Å². The number of carbonyl (C=O) groups is 1. The van der Waals surface area contributed by atoms with E-state index in [-0.39, 0.29) is 5.91 Å². The molecule has 28 heavy (non-hydrogen) atoms. The number of carbonyl (C=O) groups excluding carboxylic acids is 1. The Morgan fingerprint density at radius 1 is 1.07 bits per heavy atom. The zero-order valence-electron chi connectivity index (χ0n) is 15.7. The number of pyridine rings is 1. The van der Waals surface area contributed by atoms with Crippen LogP contribution >= 0.6 is 0 Å². The predicted octanol–water partition coefficient (Wildman–Crippen LogP) is 3.81. The maximum absolute atomic E-state index is 12.0.